The van der Waals surface area contributed by atoms with Crippen molar-refractivity contribution in [1.29, 1.82) is 0 Å². The molecule has 17 heavy (non-hydrogen) atoms. The number of rotatable bonds is 2. The van der Waals surface area contributed by atoms with E-state index in [4.69, 9.17) is 0 Å². The summed E-state index contributed by atoms with van der Waals surface area (Å²) in [6.45, 7) is 14.6. The predicted octanol–water partition coefficient (Wildman–Crippen LogP) is 6.44. The van der Waals surface area contributed by atoms with Crippen LogP contribution in [0.15, 0.2) is 18.2 Å². The molecule has 0 radical (unpaired) electrons. The predicted molar refractivity (Wildman–Crippen MR) is 86.1 cm³/mol. The third kappa shape index (κ3) is 10.1. The molecule has 0 spiro atoms. The Hall–Kier alpha value is -0.780. The van der Waals surface area contributed by atoms with Gasteiger partial charge >= 0.3 is 0 Å². The number of hydrogen-bond acceptors (Lipinski definition) is 0. The van der Waals surface area contributed by atoms with Gasteiger partial charge in [-0.3, -0.25) is 0 Å². The van der Waals surface area contributed by atoms with Crippen LogP contribution in [-0.2, 0) is 12.8 Å². The molecule has 104 valence electrons. The third-order valence-electron chi connectivity index (χ3n) is 2.12. The average Bonchev–Trinajstić information content (AvgIpc) is 2.34. The molecule has 0 saturated heterocycles. The van der Waals surface area contributed by atoms with Gasteiger partial charge in [-0.15, -0.1) is 0 Å². The second-order valence-corrected chi connectivity index (χ2v) is 2.98. The zero-order chi connectivity index (χ0) is 12.3. The van der Waals surface area contributed by atoms with E-state index >= 15 is 0 Å². The van der Waals surface area contributed by atoms with Crippen LogP contribution in [0, 0.1) is 6.92 Å². The molecule has 0 atom stereocenters. The minimum Gasteiger partial charge on any atom is -0.0776 e. The average molecular weight is 240 g/mol. The molecule has 1 rings (SSSR count). The minimum atomic E-state index is 0. The molecule has 0 bridgehead atoms. The van der Waals surface area contributed by atoms with Crippen LogP contribution < -0.4 is 0 Å². The molecule has 0 N–H and O–H groups in total. The number of aryl methyl sites for hydroxylation is 3. The maximum Gasteiger partial charge on any atom is -0.0305 e. The summed E-state index contributed by atoms with van der Waals surface area (Å²) in [5.41, 5.74) is 4.38. The first-order valence-corrected chi connectivity index (χ1v) is 6.36. The molecule has 0 saturated carbocycles. The molecule has 1 aromatic rings. The van der Waals surface area contributed by atoms with Crippen molar-refractivity contribution in [3.63, 3.8) is 0 Å². The lowest BCUT2D eigenvalue weighted by Crippen LogP contribution is -1.90. The van der Waals surface area contributed by atoms with Gasteiger partial charge in [0.1, 0.15) is 0 Å². The topological polar surface area (TPSA) is 0 Å². The van der Waals surface area contributed by atoms with E-state index in [-0.39, 0.29) is 14.9 Å². The molecule has 0 aliphatic heterocycles. The summed E-state index contributed by atoms with van der Waals surface area (Å²) < 4.78 is 0. The van der Waals surface area contributed by atoms with Gasteiger partial charge in [0.2, 0.25) is 0 Å². The van der Waals surface area contributed by atoms with Gasteiger partial charge in [0, 0.05) is 0 Å². The highest BCUT2D eigenvalue weighted by Crippen LogP contribution is 2.12. The monoisotopic (exact) mass is 240 g/mol. The Morgan fingerprint density at radius 3 is 1.53 bits per heavy atom. The summed E-state index contributed by atoms with van der Waals surface area (Å²) in [6, 6.07) is 6.73. The van der Waals surface area contributed by atoms with Crippen LogP contribution in [0.25, 0.3) is 0 Å². The first-order chi connectivity index (χ1) is 7.27. The Kier molecular flexibility index (Phi) is 26.1. The molecule has 0 unspecified atom stereocenters. The van der Waals surface area contributed by atoms with Crippen molar-refractivity contribution in [2.45, 2.75) is 76.2 Å². The SMILES string of the molecule is C.C.CC.CC.CCc1ccc(C)cc1CC. The standard InChI is InChI=1S/C11H16.2C2H6.2CH4/c1-4-10-7-6-9(3)8-11(10)5-2;2*1-2;;/h6-8H,4-5H2,1-3H3;2*1-2H3;2*1H4. The Balaban J connectivity index is -0.000000128. The van der Waals surface area contributed by atoms with Gasteiger partial charge in [-0.25, -0.2) is 0 Å². The van der Waals surface area contributed by atoms with Crippen LogP contribution in [0.4, 0.5) is 0 Å². The minimum absolute atomic E-state index is 0. The van der Waals surface area contributed by atoms with Gasteiger partial charge in [0.25, 0.3) is 0 Å². The molecule has 0 nitrogen and oxygen atoms in total. The van der Waals surface area contributed by atoms with E-state index in [1.54, 1.807) is 0 Å². The van der Waals surface area contributed by atoms with Crippen LogP contribution in [0.2, 0.25) is 0 Å². The fourth-order valence-electron chi connectivity index (χ4n) is 1.43. The van der Waals surface area contributed by atoms with Crippen LogP contribution in [0.3, 0.4) is 0 Å². The van der Waals surface area contributed by atoms with E-state index in [0.717, 1.165) is 12.8 Å². The molecule has 1 aromatic carbocycles. The summed E-state index contributed by atoms with van der Waals surface area (Å²) in [5, 5.41) is 0. The van der Waals surface area contributed by atoms with Crippen LogP contribution in [0.1, 0.15) is 73.1 Å². The van der Waals surface area contributed by atoms with E-state index in [1.807, 2.05) is 27.7 Å². The molecular weight excluding hydrogens is 204 g/mol. The normalized spacial score (nSPS) is 7.24. The van der Waals surface area contributed by atoms with Crippen molar-refractivity contribution in [1.82, 2.24) is 0 Å². The van der Waals surface area contributed by atoms with Gasteiger partial charge in [0.05, 0.1) is 0 Å². The fourth-order valence-corrected chi connectivity index (χ4v) is 1.43. The van der Waals surface area contributed by atoms with Crippen LogP contribution in [-0.4, -0.2) is 0 Å². The summed E-state index contributed by atoms with van der Waals surface area (Å²) in [6.07, 6.45) is 2.31. The maximum absolute atomic E-state index is 2.29. The van der Waals surface area contributed by atoms with Crippen LogP contribution in [0.5, 0.6) is 0 Å². The molecule has 0 aliphatic carbocycles. The Morgan fingerprint density at radius 2 is 1.18 bits per heavy atom. The van der Waals surface area contributed by atoms with Gasteiger partial charge in [-0.05, 0) is 30.9 Å². The van der Waals surface area contributed by atoms with E-state index in [1.165, 1.54) is 16.7 Å². The highest BCUT2D eigenvalue weighted by atomic mass is 14.0. The zero-order valence-corrected chi connectivity index (χ0v) is 11.6. The smallest absolute Gasteiger partial charge is 0.0305 e. The summed E-state index contributed by atoms with van der Waals surface area (Å²) >= 11 is 0. The summed E-state index contributed by atoms with van der Waals surface area (Å²) in [5.74, 6) is 0. The van der Waals surface area contributed by atoms with Gasteiger partial charge in [-0.2, -0.15) is 0 Å². The third-order valence-corrected chi connectivity index (χ3v) is 2.12. The van der Waals surface area contributed by atoms with Crippen molar-refractivity contribution in [3.05, 3.63) is 34.9 Å². The molecule has 0 aromatic heterocycles. The number of hydrogen-bond donors (Lipinski definition) is 0. The van der Waals surface area contributed by atoms with Gasteiger partial charge < -0.3 is 0 Å². The lowest BCUT2D eigenvalue weighted by molar-refractivity contribution is 1.03. The van der Waals surface area contributed by atoms with Crippen molar-refractivity contribution in [3.8, 4) is 0 Å². The van der Waals surface area contributed by atoms with Crippen LogP contribution >= 0.6 is 0 Å². The molecule has 0 fully saturated rings. The Bertz CT molecular complexity index is 236. The largest absolute Gasteiger partial charge is 0.0776 e. The first kappa shape index (κ1) is 25.2. The Morgan fingerprint density at radius 1 is 0.765 bits per heavy atom. The highest BCUT2D eigenvalue weighted by Gasteiger charge is 1.96. The van der Waals surface area contributed by atoms with Crippen molar-refractivity contribution >= 4 is 0 Å². The highest BCUT2D eigenvalue weighted by molar-refractivity contribution is 5.31. The quantitative estimate of drug-likeness (QED) is 0.557. The van der Waals surface area contributed by atoms with Crippen molar-refractivity contribution < 1.29 is 0 Å². The molecule has 0 amide bonds. The molecule has 0 aliphatic rings. The zero-order valence-electron chi connectivity index (χ0n) is 11.6. The summed E-state index contributed by atoms with van der Waals surface area (Å²) in [4.78, 5) is 0. The van der Waals surface area contributed by atoms with Crippen molar-refractivity contribution in [2.75, 3.05) is 0 Å². The molecule has 0 heterocycles. The van der Waals surface area contributed by atoms with Gasteiger partial charge in [-0.1, -0.05) is 80.2 Å². The molecule has 0 heteroatoms. The second kappa shape index (κ2) is 17.6. The number of benzene rings is 1. The first-order valence-electron chi connectivity index (χ1n) is 6.36. The van der Waals surface area contributed by atoms with Crippen molar-refractivity contribution in [2.24, 2.45) is 0 Å². The van der Waals surface area contributed by atoms with E-state index in [2.05, 4.69) is 39.0 Å². The lowest BCUT2D eigenvalue weighted by atomic mass is 10.0. The van der Waals surface area contributed by atoms with E-state index in [9.17, 15) is 0 Å². The van der Waals surface area contributed by atoms with E-state index < -0.39 is 0 Å². The molecular formula is C17H36. The maximum atomic E-state index is 2.29. The lowest BCUT2D eigenvalue weighted by Gasteiger charge is -2.05. The second-order valence-electron chi connectivity index (χ2n) is 2.98. The fraction of sp³-hybridized carbons (Fsp3) is 0.647. The summed E-state index contributed by atoms with van der Waals surface area (Å²) in [7, 11) is 0. The van der Waals surface area contributed by atoms with Gasteiger partial charge in [0.15, 0.2) is 0 Å². The Labute approximate surface area is 111 Å². The van der Waals surface area contributed by atoms with E-state index in [0.29, 0.717) is 0 Å².